The zero-order valence-corrected chi connectivity index (χ0v) is 44.9. The number of nitrogens with zero attached hydrogens (tertiary/aromatic N) is 3. The molecule has 0 fully saturated rings. The van der Waals surface area contributed by atoms with Gasteiger partial charge in [-0.2, -0.15) is 22.6 Å². The van der Waals surface area contributed by atoms with Gasteiger partial charge >= 0.3 is 18.1 Å². The second-order valence-electron chi connectivity index (χ2n) is 16.6. The predicted octanol–water partition coefficient (Wildman–Crippen LogP) is -0.524. The van der Waals surface area contributed by atoms with E-state index in [4.69, 9.17) is 30.8 Å². The van der Waals surface area contributed by atoms with Crippen molar-refractivity contribution < 1.29 is 84.5 Å². The third kappa shape index (κ3) is 21.5. The predicted molar refractivity (Wildman–Crippen MR) is 285 cm³/mol. The number of rotatable bonds is 25. The van der Waals surface area contributed by atoms with Gasteiger partial charge in [-0.3, -0.25) is 42.6 Å². The summed E-state index contributed by atoms with van der Waals surface area (Å²) in [6.07, 6.45) is 1.02. The third-order valence-corrected chi connectivity index (χ3v) is 13.5. The van der Waals surface area contributed by atoms with E-state index in [2.05, 4.69) is 30.8 Å². The van der Waals surface area contributed by atoms with Crippen LogP contribution in [-0.2, 0) is 34.4 Å². The molecule has 13 N–H and O–H groups in total. The number of fused-ring (bicyclic) bond motifs is 2. The number of amides is 2. The third-order valence-electron chi connectivity index (χ3n) is 10.6. The number of benzene rings is 2. The van der Waals surface area contributed by atoms with Crippen LogP contribution >= 0.6 is 12.4 Å². The number of unbranched alkanes of at least 4 members (excludes halogenated alkanes) is 2. The molecule has 2 atom stereocenters. The summed E-state index contributed by atoms with van der Waals surface area (Å²) in [6, 6.07) is 22.9. The topological polar surface area (TPSA) is 419 Å². The van der Waals surface area contributed by atoms with Gasteiger partial charge in [-0.1, -0.05) is 36.4 Å². The Bertz CT molecular complexity index is 3520. The number of sulfonamides is 2. The molecule has 438 valence electrons. The zero-order chi connectivity index (χ0) is 59.2. The molecular formula is C49H56ClF3N10O16S2. The van der Waals surface area contributed by atoms with Crippen molar-refractivity contribution in [3.05, 3.63) is 153 Å². The summed E-state index contributed by atoms with van der Waals surface area (Å²) in [5, 5.41) is 32.4. The lowest BCUT2D eigenvalue weighted by Gasteiger charge is -2.16. The maximum atomic E-state index is 12.7. The van der Waals surface area contributed by atoms with E-state index in [0.717, 1.165) is 37.9 Å². The number of aliphatic imine (C=N–C) groups is 1. The summed E-state index contributed by atoms with van der Waals surface area (Å²) in [5.41, 5.74) is 14.2. The first-order valence-electron chi connectivity index (χ1n) is 23.6. The quantitative estimate of drug-likeness (QED) is 0.0198. The molecule has 0 spiro atoms. The van der Waals surface area contributed by atoms with E-state index < -0.39 is 92.2 Å². The highest BCUT2D eigenvalue weighted by atomic mass is 35.5. The number of carbonyl (C=O) groups excluding carboxylic acids is 3. The second-order valence-corrected chi connectivity index (χ2v) is 20.0. The largest absolute Gasteiger partial charge is 0.542 e. The van der Waals surface area contributed by atoms with Crippen LogP contribution in [0.5, 0.6) is 11.5 Å². The summed E-state index contributed by atoms with van der Waals surface area (Å²) in [7, 11) is -8.25. The van der Waals surface area contributed by atoms with Gasteiger partial charge in [0.15, 0.2) is 5.96 Å². The average Bonchev–Trinajstić information content (AvgIpc) is 3.42. The molecule has 32 heteroatoms. The van der Waals surface area contributed by atoms with Crippen molar-refractivity contribution in [3.63, 3.8) is 0 Å². The molecule has 0 aliphatic rings. The van der Waals surface area contributed by atoms with Gasteiger partial charge in [-0.05, 0) is 86.3 Å². The van der Waals surface area contributed by atoms with Gasteiger partial charge in [0, 0.05) is 53.9 Å². The van der Waals surface area contributed by atoms with E-state index in [9.17, 15) is 69.0 Å². The number of halogens is 4. The maximum Gasteiger partial charge on any atom is 0.430 e. The van der Waals surface area contributed by atoms with E-state index in [1.165, 1.54) is 81.9 Å². The van der Waals surface area contributed by atoms with E-state index in [0.29, 0.717) is 48.7 Å². The average molecular weight is 1200 g/mol. The lowest BCUT2D eigenvalue weighted by atomic mass is 10.2. The van der Waals surface area contributed by atoms with Crippen LogP contribution < -0.4 is 63.0 Å². The number of nitrogens with two attached hydrogens (primary N) is 2. The molecular weight excluding hydrogens is 1140 g/mol. The van der Waals surface area contributed by atoms with Crippen molar-refractivity contribution in [1.82, 2.24) is 28.9 Å². The zero-order valence-electron chi connectivity index (χ0n) is 42.4. The van der Waals surface area contributed by atoms with Crippen molar-refractivity contribution in [1.29, 1.82) is 0 Å². The molecule has 26 nitrogen and oxygen atoms in total. The second kappa shape index (κ2) is 31.2. The number of ether oxygens (including phenoxy) is 2. The maximum absolute atomic E-state index is 12.7. The lowest BCUT2D eigenvalue weighted by Crippen LogP contribution is -2.50. The first kappa shape index (κ1) is 66.7. The van der Waals surface area contributed by atoms with Gasteiger partial charge < -0.3 is 57.4 Å². The molecule has 0 unspecified atom stereocenters. The normalized spacial score (nSPS) is 11.9. The number of hydrogen-bond acceptors (Lipinski definition) is 15. The first-order chi connectivity index (χ1) is 37.7. The number of carbonyl (C=O) groups is 5. The van der Waals surface area contributed by atoms with Crippen LogP contribution in [0.3, 0.4) is 0 Å². The van der Waals surface area contributed by atoms with Crippen molar-refractivity contribution in [2.45, 2.75) is 53.7 Å². The Hall–Kier alpha value is -8.62. The van der Waals surface area contributed by atoms with Crippen LogP contribution in [0, 0.1) is 0 Å². The summed E-state index contributed by atoms with van der Waals surface area (Å²) in [6.45, 7) is 1.11. The van der Waals surface area contributed by atoms with Gasteiger partial charge in [-0.25, -0.2) is 16.8 Å². The molecule has 0 saturated carbocycles. The number of carboxylic acid groups (broad SMARTS) is 3. The standard InChI is InChI=1S/C24H28N6O7S.C23H26N4O7S.C2HF3O2.ClH/c25-24(26)27-10-4-5-11-37-18-9-8-17-12-16(13-21(31)30(17)15-18)22(32)28-14-20(23(33)34)29-38(35,36)19-6-2-1-3-7-19;24-10-4-5-11-34-18-9-8-17-12-16(13-21(28)27(17)15-18)22(29)25-14-20(23(30)31)26-35(32,33)19-6-2-1-3-7-19;3-2(4,5)1(6)7;/h1-3,6-9,12-13,15,20,29H,4-5,10-11,14H2,(H,28,32)(H,33,34)(H4,25,26,27);1-3,6-9,12-13,15,20,26H,4-5,10-11,14,24H2,(H,25,29)(H,30,31);(H,6,7);1H/t2*20-;;/m00../s1. The summed E-state index contributed by atoms with van der Waals surface area (Å²) in [5.74, 6) is -6.42. The molecule has 0 aliphatic carbocycles. The Kier molecular flexibility index (Phi) is 25.7. The Morgan fingerprint density at radius 1 is 0.642 bits per heavy atom. The Morgan fingerprint density at radius 2 is 1.02 bits per heavy atom. The fourth-order valence-electron chi connectivity index (χ4n) is 6.59. The van der Waals surface area contributed by atoms with Gasteiger partial charge in [0.1, 0.15) is 29.6 Å². The molecule has 81 heavy (non-hydrogen) atoms. The minimum Gasteiger partial charge on any atom is -0.542 e. The molecule has 6 aromatic rings. The number of quaternary nitrogens is 1. The number of guanidine groups is 1. The molecule has 0 aliphatic heterocycles. The Morgan fingerprint density at radius 3 is 1.37 bits per heavy atom. The van der Waals surface area contributed by atoms with Gasteiger partial charge in [0.2, 0.25) is 20.0 Å². The summed E-state index contributed by atoms with van der Waals surface area (Å²) in [4.78, 5) is 86.1. The van der Waals surface area contributed by atoms with Gasteiger partial charge in [0.25, 0.3) is 22.9 Å². The summed E-state index contributed by atoms with van der Waals surface area (Å²) >= 11 is 0. The molecule has 2 amide bonds. The van der Waals surface area contributed by atoms with Crippen LogP contribution in [0.4, 0.5) is 13.2 Å². The minimum atomic E-state index is -5.19. The lowest BCUT2D eigenvalue weighted by molar-refractivity contribution is -0.368. The molecule has 4 heterocycles. The van der Waals surface area contributed by atoms with E-state index in [1.54, 1.807) is 36.4 Å². The highest BCUT2D eigenvalue weighted by Gasteiger charge is 2.29. The number of alkyl halides is 3. The number of aromatic nitrogens is 2. The number of carboxylic acids is 3. The van der Waals surface area contributed by atoms with Crippen molar-refractivity contribution in [3.8, 4) is 11.5 Å². The van der Waals surface area contributed by atoms with E-state index in [1.807, 2.05) is 0 Å². The van der Waals surface area contributed by atoms with Crippen LogP contribution in [-0.4, -0.2) is 129 Å². The molecule has 4 aromatic heterocycles. The number of nitrogens with one attached hydrogen (secondary N) is 4. The van der Waals surface area contributed by atoms with Crippen molar-refractivity contribution >= 4 is 79.2 Å². The van der Waals surface area contributed by atoms with Crippen LogP contribution in [0.25, 0.3) is 11.0 Å². The highest BCUT2D eigenvalue weighted by molar-refractivity contribution is 7.89. The Labute approximate surface area is 465 Å². The summed E-state index contributed by atoms with van der Waals surface area (Å²) < 4.78 is 99.4. The molecule has 2 aromatic carbocycles. The van der Waals surface area contributed by atoms with Crippen LogP contribution in [0.15, 0.2) is 146 Å². The van der Waals surface area contributed by atoms with E-state index >= 15 is 0 Å². The minimum absolute atomic E-state index is 0. The molecule has 0 radical (unpaired) electrons. The van der Waals surface area contributed by atoms with Crippen molar-refractivity contribution in [2.24, 2.45) is 16.5 Å². The number of aliphatic carboxylic acids is 3. The van der Waals surface area contributed by atoms with Crippen molar-refractivity contribution in [2.75, 3.05) is 39.4 Å². The SMILES string of the molecule is Cl.NC(N)=NCCCCOc1ccc2cc(C(=O)NC[C@H](NS(=O)(=O)c3ccccc3)C(=O)O)cc(=O)n2c1.O=C([O-])C(F)(F)F.[NH3+]CCCCOc1ccc2cc(C(=O)NC[C@H](NS(=O)(=O)c3ccccc3)C(=O)O)cc(=O)n2c1. The van der Waals surface area contributed by atoms with Gasteiger partial charge in [-0.15, -0.1) is 12.4 Å². The highest BCUT2D eigenvalue weighted by Crippen LogP contribution is 2.17. The molecule has 0 saturated heterocycles. The fourth-order valence-corrected chi connectivity index (χ4v) is 9.01. The molecule has 0 bridgehead atoms. The van der Waals surface area contributed by atoms with Gasteiger partial charge in [0.05, 0.1) is 41.9 Å². The van der Waals surface area contributed by atoms with Crippen LogP contribution in [0.1, 0.15) is 46.4 Å². The van der Waals surface area contributed by atoms with E-state index in [-0.39, 0.29) is 39.3 Å². The fraction of sp³-hybridized carbons (Fsp3) is 0.265. The van der Waals surface area contributed by atoms with Crippen LogP contribution in [0.2, 0.25) is 0 Å². The Balaban J connectivity index is 0.000000377. The molecule has 6 rings (SSSR count). The first-order valence-corrected chi connectivity index (χ1v) is 26.6. The monoisotopic (exact) mass is 1200 g/mol. The number of pyridine rings is 4. The number of hydrogen-bond donors (Lipinski definition) is 9. The smallest absolute Gasteiger partial charge is 0.430 e.